The SMILES string of the molecule is CC(C)(O)c1ccc(N2CCN(S(=O)(=O)c3cccs3)C[C@@H]2CNc2ccccc2)cc1.CC(C)(O)c1ccc(N2CCN(S(=O)(=O)c3cccs3)C[C@@H]2COS(C)(=O)=O)cc1.Nc1ccccc1. The normalized spacial score (nSPS) is 17.6. The van der Waals surface area contributed by atoms with Gasteiger partial charge < -0.3 is 31.1 Å². The first-order chi connectivity index (χ1) is 32.5. The van der Waals surface area contributed by atoms with E-state index in [2.05, 4.69) is 10.2 Å². The molecule has 0 amide bonds. The number of thiophene rings is 2. The van der Waals surface area contributed by atoms with E-state index in [9.17, 15) is 35.5 Å². The lowest BCUT2D eigenvalue weighted by molar-refractivity contribution is 0.0780. The van der Waals surface area contributed by atoms with Crippen LogP contribution in [0.1, 0.15) is 38.8 Å². The van der Waals surface area contributed by atoms with Gasteiger partial charge >= 0.3 is 0 Å². The molecule has 4 heterocycles. The van der Waals surface area contributed by atoms with Crippen LogP contribution in [0.25, 0.3) is 0 Å². The summed E-state index contributed by atoms with van der Waals surface area (Å²) in [5.74, 6) is 0. The summed E-state index contributed by atoms with van der Waals surface area (Å²) in [6.45, 7) is 9.52. The van der Waals surface area contributed by atoms with Gasteiger partial charge in [-0.15, -0.1) is 22.7 Å². The third-order valence-corrected chi connectivity index (χ3v) is 18.5. The fraction of sp³-hybridized carbons (Fsp3) is 0.347. The van der Waals surface area contributed by atoms with Crippen molar-refractivity contribution in [1.29, 1.82) is 0 Å². The van der Waals surface area contributed by atoms with Crippen molar-refractivity contribution in [2.45, 2.75) is 59.4 Å². The van der Waals surface area contributed by atoms with Crippen molar-refractivity contribution >= 4 is 75.6 Å². The number of aliphatic hydroxyl groups is 2. The van der Waals surface area contributed by atoms with Crippen LogP contribution in [0.15, 0.2) is 153 Å². The second kappa shape index (κ2) is 22.9. The summed E-state index contributed by atoms with van der Waals surface area (Å²) < 4.78 is 83.8. The number of nitrogens with one attached hydrogen (secondary N) is 1. The zero-order valence-electron chi connectivity index (χ0n) is 39.3. The Balaban J connectivity index is 0.000000199. The number of nitrogens with two attached hydrogens (primary N) is 1. The Hall–Kier alpha value is -4.87. The van der Waals surface area contributed by atoms with Crippen LogP contribution in [0.4, 0.5) is 22.7 Å². The van der Waals surface area contributed by atoms with Gasteiger partial charge in [0.05, 0.1) is 36.1 Å². The van der Waals surface area contributed by atoms with Crippen molar-refractivity contribution in [3.63, 3.8) is 0 Å². The number of rotatable bonds is 14. The zero-order chi connectivity index (χ0) is 50.0. The minimum absolute atomic E-state index is 0.0494. The standard InChI is InChI=1S/C24H29N3O3S2.C19H26N2O6S3.C6H7N/c1-24(2,28)19-10-12-21(13-11-19)27-15-14-26(32(29,30)23-9-6-16-31-23)18-22(27)17-25-20-7-4-3-5-8-20;1-19(2,22)15-6-8-16(9-7-15)21-11-10-20(13-17(21)14-27-29(3,23)24)30(25,26)18-5-4-12-28-18;7-6-4-2-1-3-5-6/h3-13,16,22,25,28H,14-15,17-18H2,1-2H3;4-9,12,17,22H,10-11,13-14H2,1-3H3;1-5H,7H2/t22-;17-;/m01./s1. The molecular weight excluding hydrogens is 977 g/mol. The molecule has 2 saturated heterocycles. The number of benzene rings is 4. The van der Waals surface area contributed by atoms with Crippen LogP contribution in [-0.4, -0.2) is 115 Å². The molecule has 0 radical (unpaired) electrons. The van der Waals surface area contributed by atoms with E-state index in [1.807, 2.05) is 102 Å². The molecule has 8 rings (SSSR count). The van der Waals surface area contributed by atoms with Gasteiger partial charge in [0.2, 0.25) is 0 Å². The number of nitrogen functional groups attached to an aromatic ring is 1. The molecule has 2 fully saturated rings. The molecule has 0 spiro atoms. The summed E-state index contributed by atoms with van der Waals surface area (Å²) in [4.78, 5) is 4.20. The molecule has 2 aliphatic rings. The first kappa shape index (κ1) is 53.5. The molecular formula is C49H62N6O9S5. The van der Waals surface area contributed by atoms with E-state index < -0.39 is 47.4 Å². The van der Waals surface area contributed by atoms with Gasteiger partial charge in [0, 0.05) is 68.6 Å². The van der Waals surface area contributed by atoms with Crippen LogP contribution >= 0.6 is 22.7 Å². The number of piperazine rings is 2. The lowest BCUT2D eigenvalue weighted by Crippen LogP contribution is -2.57. The molecule has 2 aliphatic heterocycles. The minimum atomic E-state index is -3.68. The summed E-state index contributed by atoms with van der Waals surface area (Å²) in [5.41, 5.74) is 8.71. The fourth-order valence-electron chi connectivity index (χ4n) is 7.73. The molecule has 2 atom stereocenters. The summed E-state index contributed by atoms with van der Waals surface area (Å²) in [6, 6.07) is 40.7. The number of para-hydroxylation sites is 2. The van der Waals surface area contributed by atoms with Crippen LogP contribution in [0, 0.1) is 0 Å². The maximum Gasteiger partial charge on any atom is 0.264 e. The maximum absolute atomic E-state index is 13.1. The van der Waals surface area contributed by atoms with Crippen molar-refractivity contribution < 1.29 is 39.6 Å². The van der Waals surface area contributed by atoms with Crippen LogP contribution in [0.3, 0.4) is 0 Å². The highest BCUT2D eigenvalue weighted by Crippen LogP contribution is 2.31. The van der Waals surface area contributed by atoms with E-state index in [1.165, 1.54) is 15.6 Å². The van der Waals surface area contributed by atoms with Crippen LogP contribution < -0.4 is 20.9 Å². The number of anilines is 4. The van der Waals surface area contributed by atoms with Gasteiger partial charge in [-0.1, -0.05) is 72.8 Å². The van der Waals surface area contributed by atoms with E-state index in [1.54, 1.807) is 79.2 Å². The van der Waals surface area contributed by atoms with Gasteiger partial charge in [-0.2, -0.15) is 17.0 Å². The molecule has 4 aromatic carbocycles. The van der Waals surface area contributed by atoms with Gasteiger partial charge in [-0.25, -0.2) is 16.8 Å². The van der Waals surface area contributed by atoms with Crippen molar-refractivity contribution in [3.05, 3.63) is 155 Å². The Morgan fingerprint density at radius 3 is 1.39 bits per heavy atom. The second-order valence-electron chi connectivity index (χ2n) is 17.6. The highest BCUT2D eigenvalue weighted by molar-refractivity contribution is 7.91. The Kier molecular flexibility index (Phi) is 17.8. The third kappa shape index (κ3) is 14.8. The summed E-state index contributed by atoms with van der Waals surface area (Å²) in [5, 5.41) is 27.4. The van der Waals surface area contributed by atoms with Crippen LogP contribution in [0.2, 0.25) is 0 Å². The van der Waals surface area contributed by atoms with Crippen molar-refractivity contribution in [3.8, 4) is 0 Å². The number of sulfonamides is 2. The number of nitrogens with zero attached hydrogens (tertiary/aromatic N) is 4. The first-order valence-electron chi connectivity index (χ1n) is 22.2. The lowest BCUT2D eigenvalue weighted by atomic mass is 9.98. The van der Waals surface area contributed by atoms with Crippen LogP contribution in [-0.2, 0) is 45.5 Å². The maximum atomic E-state index is 13.1. The Morgan fingerprint density at radius 2 is 1.01 bits per heavy atom. The summed E-state index contributed by atoms with van der Waals surface area (Å²) in [6.07, 6.45) is 0.971. The van der Waals surface area contributed by atoms with Crippen molar-refractivity contribution in [1.82, 2.24) is 8.61 Å². The molecule has 0 bridgehead atoms. The molecule has 5 N–H and O–H groups in total. The predicted molar refractivity (Wildman–Crippen MR) is 278 cm³/mol. The Bertz CT molecular complexity index is 2840. The highest BCUT2D eigenvalue weighted by atomic mass is 32.3. The smallest absolute Gasteiger partial charge is 0.264 e. The van der Waals surface area contributed by atoms with Crippen molar-refractivity contribution in [2.24, 2.45) is 0 Å². The Morgan fingerprint density at radius 1 is 0.594 bits per heavy atom. The van der Waals surface area contributed by atoms with E-state index in [0.717, 1.165) is 51.5 Å². The molecule has 0 aliphatic carbocycles. The zero-order valence-corrected chi connectivity index (χ0v) is 43.4. The topological polar surface area (TPSA) is 203 Å². The van der Waals surface area contributed by atoms with Gasteiger partial charge in [0.15, 0.2) is 0 Å². The van der Waals surface area contributed by atoms with Gasteiger partial charge in [-0.05, 0) is 110 Å². The predicted octanol–water partition coefficient (Wildman–Crippen LogP) is 7.07. The average molecular weight is 1040 g/mol. The van der Waals surface area contributed by atoms with Crippen molar-refractivity contribution in [2.75, 3.05) is 79.5 Å². The molecule has 69 heavy (non-hydrogen) atoms. The minimum Gasteiger partial charge on any atom is -0.399 e. The summed E-state index contributed by atoms with van der Waals surface area (Å²) >= 11 is 2.40. The van der Waals surface area contributed by atoms with E-state index >= 15 is 0 Å². The molecule has 6 aromatic rings. The summed E-state index contributed by atoms with van der Waals surface area (Å²) in [7, 11) is -10.8. The Labute approximate surface area is 415 Å². The van der Waals surface area contributed by atoms with E-state index in [0.29, 0.717) is 36.9 Å². The quantitative estimate of drug-likeness (QED) is 0.0638. The molecule has 372 valence electrons. The van der Waals surface area contributed by atoms with Gasteiger partial charge in [-0.3, -0.25) is 4.18 Å². The highest BCUT2D eigenvalue weighted by Gasteiger charge is 2.37. The van der Waals surface area contributed by atoms with Crippen LogP contribution in [0.5, 0.6) is 0 Å². The molecule has 20 heteroatoms. The molecule has 15 nitrogen and oxygen atoms in total. The second-order valence-corrected chi connectivity index (χ2v) is 25.5. The van der Waals surface area contributed by atoms with Gasteiger partial charge in [0.1, 0.15) is 8.42 Å². The van der Waals surface area contributed by atoms with Gasteiger partial charge in [0.25, 0.3) is 30.2 Å². The van der Waals surface area contributed by atoms with E-state index in [-0.39, 0.29) is 29.9 Å². The first-order valence-corrected chi connectivity index (χ1v) is 28.7. The molecule has 0 unspecified atom stereocenters. The monoisotopic (exact) mass is 1040 g/mol. The number of hydrogen-bond acceptors (Lipinski definition) is 15. The third-order valence-electron chi connectivity index (χ3n) is 11.5. The van der Waals surface area contributed by atoms with E-state index in [4.69, 9.17) is 9.92 Å². The average Bonchev–Trinajstić information content (AvgIpc) is 4.08. The largest absolute Gasteiger partial charge is 0.399 e. The molecule has 0 saturated carbocycles. The molecule has 2 aromatic heterocycles. The fourth-order valence-corrected chi connectivity index (χ4v) is 13.4. The number of hydrogen-bond donors (Lipinski definition) is 4. The lowest BCUT2D eigenvalue weighted by Gasteiger charge is -2.42.